The molecular weight excluding hydrogens is 360 g/mol. The molecule has 2 atom stereocenters. The van der Waals surface area contributed by atoms with Crippen LogP contribution >= 0.6 is 0 Å². The van der Waals surface area contributed by atoms with Gasteiger partial charge in [0, 0.05) is 0 Å². The Morgan fingerprint density at radius 1 is 1.25 bits per heavy atom. The molecule has 0 heterocycles. The molecule has 0 spiro atoms. The van der Waals surface area contributed by atoms with E-state index < -0.39 is 23.3 Å². The third kappa shape index (κ3) is 8.08. The van der Waals surface area contributed by atoms with Crippen molar-refractivity contribution in [2.24, 2.45) is 11.3 Å². The summed E-state index contributed by atoms with van der Waals surface area (Å²) >= 11 is 0. The first-order valence-electron chi connectivity index (χ1n) is 9.60. The molecule has 28 heavy (non-hydrogen) atoms. The van der Waals surface area contributed by atoms with Gasteiger partial charge in [-0.05, 0) is 17.4 Å². The number of hydrogen-bond donors (Lipinski definition) is 2. The van der Waals surface area contributed by atoms with Gasteiger partial charge in [-0.3, -0.25) is 14.8 Å². The first kappa shape index (κ1) is 23.6. The number of amides is 2. The highest BCUT2D eigenvalue weighted by atomic mass is 16.5. The highest BCUT2D eigenvalue weighted by Gasteiger charge is 2.36. The van der Waals surface area contributed by atoms with E-state index in [1.165, 1.54) is 0 Å². The second-order valence-corrected chi connectivity index (χ2v) is 7.97. The van der Waals surface area contributed by atoms with Crippen LogP contribution in [0.25, 0.3) is 0 Å². The molecule has 1 aromatic rings. The highest BCUT2D eigenvalue weighted by molar-refractivity contribution is 5.86. The molecule has 0 aliphatic rings. The van der Waals surface area contributed by atoms with Crippen LogP contribution in [0, 0.1) is 11.3 Å². The summed E-state index contributed by atoms with van der Waals surface area (Å²) < 4.78 is 5.41. The molecule has 0 aliphatic heterocycles. The van der Waals surface area contributed by atoms with Crippen LogP contribution in [0.4, 0.5) is 0 Å². The van der Waals surface area contributed by atoms with E-state index in [9.17, 15) is 19.6 Å². The first-order valence-corrected chi connectivity index (χ1v) is 9.60. The molecule has 1 rings (SSSR count). The number of benzene rings is 1. The van der Waals surface area contributed by atoms with Crippen molar-refractivity contribution >= 4 is 18.3 Å². The quantitative estimate of drug-likeness (QED) is 0.261. The van der Waals surface area contributed by atoms with E-state index in [0.29, 0.717) is 11.5 Å². The van der Waals surface area contributed by atoms with Gasteiger partial charge in [-0.2, -0.15) is 0 Å². The third-order valence-corrected chi connectivity index (χ3v) is 4.42. The Morgan fingerprint density at radius 2 is 1.89 bits per heavy atom. The van der Waals surface area contributed by atoms with Crippen LogP contribution in [0.3, 0.4) is 0 Å². The van der Waals surface area contributed by atoms with Gasteiger partial charge in [0.05, 0.1) is 12.5 Å². The van der Waals surface area contributed by atoms with E-state index in [1.54, 1.807) is 0 Å². The Hall–Kier alpha value is -2.41. The van der Waals surface area contributed by atoms with Gasteiger partial charge in [0.15, 0.2) is 0 Å². The molecule has 0 fully saturated rings. The van der Waals surface area contributed by atoms with E-state index >= 15 is 0 Å². The summed E-state index contributed by atoms with van der Waals surface area (Å²) in [6.45, 7) is 7.51. The van der Waals surface area contributed by atoms with Crippen LogP contribution in [-0.4, -0.2) is 41.1 Å². The number of unbranched alkanes of at least 4 members (excludes halogenated alkanes) is 1. The summed E-state index contributed by atoms with van der Waals surface area (Å²) in [4.78, 5) is 36.1. The fourth-order valence-corrected chi connectivity index (χ4v) is 2.73. The van der Waals surface area contributed by atoms with Crippen LogP contribution in [-0.2, 0) is 25.7 Å². The number of ether oxygens (including phenoxy) is 1. The van der Waals surface area contributed by atoms with Crippen molar-refractivity contribution < 1.29 is 24.3 Å². The Bertz CT molecular complexity index is 627. The molecule has 156 valence electrons. The smallest absolute Gasteiger partial charge is 0.329 e. The van der Waals surface area contributed by atoms with Crippen LogP contribution in [0.5, 0.6) is 0 Å². The van der Waals surface area contributed by atoms with Crippen molar-refractivity contribution in [2.75, 3.05) is 6.54 Å². The number of hydrogen-bond acceptors (Lipinski definition) is 5. The van der Waals surface area contributed by atoms with Crippen molar-refractivity contribution in [2.45, 2.75) is 59.6 Å². The lowest BCUT2D eigenvalue weighted by molar-refractivity contribution is -0.157. The molecule has 2 unspecified atom stereocenters. The zero-order valence-electron chi connectivity index (χ0n) is 17.2. The summed E-state index contributed by atoms with van der Waals surface area (Å²) in [5.41, 5.74) is 0.292. The summed E-state index contributed by atoms with van der Waals surface area (Å²) in [6, 6.07) is 8.46. The number of esters is 1. The van der Waals surface area contributed by atoms with Gasteiger partial charge in [-0.25, -0.2) is 9.86 Å². The normalized spacial score (nSPS) is 13.3. The van der Waals surface area contributed by atoms with Crippen LogP contribution in [0.2, 0.25) is 0 Å². The van der Waals surface area contributed by atoms with Gasteiger partial charge in [0.25, 0.3) is 0 Å². The molecular formula is C21H32N2O5. The van der Waals surface area contributed by atoms with Gasteiger partial charge in [-0.1, -0.05) is 70.9 Å². The minimum Gasteiger partial charge on any atom is -0.459 e. The summed E-state index contributed by atoms with van der Waals surface area (Å²) in [7, 11) is 0. The van der Waals surface area contributed by atoms with E-state index in [-0.39, 0.29) is 25.5 Å². The van der Waals surface area contributed by atoms with E-state index in [1.807, 2.05) is 58.0 Å². The SMILES string of the molecule is CCCCC(CN(O)C=O)C(=O)NC(C(=O)OCc1ccccc1)C(C)(C)C. The monoisotopic (exact) mass is 392 g/mol. The lowest BCUT2D eigenvalue weighted by atomic mass is 9.86. The fraction of sp³-hybridized carbons (Fsp3) is 0.571. The largest absolute Gasteiger partial charge is 0.459 e. The molecule has 0 radical (unpaired) electrons. The number of nitrogens with zero attached hydrogens (tertiary/aromatic N) is 1. The molecule has 0 aliphatic carbocycles. The maximum atomic E-state index is 12.8. The van der Waals surface area contributed by atoms with E-state index in [4.69, 9.17) is 4.74 Å². The lowest BCUT2D eigenvalue weighted by Gasteiger charge is -2.31. The maximum absolute atomic E-state index is 12.8. The van der Waals surface area contributed by atoms with E-state index in [2.05, 4.69) is 5.32 Å². The molecule has 0 bridgehead atoms. The summed E-state index contributed by atoms with van der Waals surface area (Å²) in [6.07, 6.45) is 2.41. The van der Waals surface area contributed by atoms with Crippen LogP contribution in [0.1, 0.15) is 52.5 Å². The van der Waals surface area contributed by atoms with Gasteiger partial charge in [-0.15, -0.1) is 0 Å². The number of hydroxylamine groups is 2. The van der Waals surface area contributed by atoms with Gasteiger partial charge in [0.1, 0.15) is 12.6 Å². The van der Waals surface area contributed by atoms with Crippen molar-refractivity contribution in [3.63, 3.8) is 0 Å². The van der Waals surface area contributed by atoms with Crippen molar-refractivity contribution in [3.05, 3.63) is 35.9 Å². The molecule has 0 saturated carbocycles. The second kappa shape index (κ2) is 11.4. The van der Waals surface area contributed by atoms with Crippen LogP contribution in [0.15, 0.2) is 30.3 Å². The molecule has 0 aromatic heterocycles. The van der Waals surface area contributed by atoms with Gasteiger partial charge in [0.2, 0.25) is 12.3 Å². The van der Waals surface area contributed by atoms with Crippen molar-refractivity contribution in [1.82, 2.24) is 10.4 Å². The van der Waals surface area contributed by atoms with Crippen molar-refractivity contribution in [3.8, 4) is 0 Å². The molecule has 7 heteroatoms. The fourth-order valence-electron chi connectivity index (χ4n) is 2.73. The first-order chi connectivity index (χ1) is 13.2. The lowest BCUT2D eigenvalue weighted by Crippen LogP contribution is -2.52. The Labute approximate surface area is 167 Å². The van der Waals surface area contributed by atoms with E-state index in [0.717, 1.165) is 18.4 Å². The van der Waals surface area contributed by atoms with Crippen molar-refractivity contribution in [1.29, 1.82) is 0 Å². The number of nitrogens with one attached hydrogen (secondary N) is 1. The number of rotatable bonds is 11. The average molecular weight is 392 g/mol. The molecule has 1 aromatic carbocycles. The molecule has 2 amide bonds. The Morgan fingerprint density at radius 3 is 2.43 bits per heavy atom. The van der Waals surface area contributed by atoms with Gasteiger partial charge >= 0.3 is 5.97 Å². The highest BCUT2D eigenvalue weighted by Crippen LogP contribution is 2.22. The summed E-state index contributed by atoms with van der Waals surface area (Å²) in [5, 5.41) is 12.7. The zero-order chi connectivity index (χ0) is 21.2. The summed E-state index contributed by atoms with van der Waals surface area (Å²) in [5.74, 6) is -1.51. The molecule has 0 saturated heterocycles. The van der Waals surface area contributed by atoms with Gasteiger partial charge < -0.3 is 10.1 Å². The topological polar surface area (TPSA) is 95.9 Å². The second-order valence-electron chi connectivity index (χ2n) is 7.97. The Balaban J connectivity index is 2.82. The van der Waals surface area contributed by atoms with Crippen LogP contribution < -0.4 is 5.32 Å². The number of carbonyl (C=O) groups is 3. The molecule has 7 nitrogen and oxygen atoms in total. The minimum absolute atomic E-state index is 0.120. The Kier molecular flexibility index (Phi) is 9.65. The molecule has 2 N–H and O–H groups in total. The maximum Gasteiger partial charge on any atom is 0.329 e. The average Bonchev–Trinajstić information content (AvgIpc) is 2.66. The number of carbonyl (C=O) groups excluding carboxylic acids is 3. The third-order valence-electron chi connectivity index (χ3n) is 4.42. The standard InChI is InChI=1S/C21H32N2O5/c1-5-6-12-17(13-23(27)15-24)19(25)22-18(21(2,3)4)20(26)28-14-16-10-8-7-9-11-16/h7-11,15,17-18,27H,5-6,12-14H2,1-4H3,(H,22,25). The predicted molar refractivity (Wildman–Crippen MR) is 105 cm³/mol. The zero-order valence-corrected chi connectivity index (χ0v) is 17.2. The minimum atomic E-state index is -0.851. The predicted octanol–water partition coefficient (Wildman–Crippen LogP) is 2.91.